The number of fused-ring (bicyclic) bond motifs is 1. The van der Waals surface area contributed by atoms with E-state index in [0.29, 0.717) is 13.0 Å². The minimum absolute atomic E-state index is 0.148. The van der Waals surface area contributed by atoms with Gasteiger partial charge in [0.25, 0.3) is 0 Å². The molecule has 0 saturated carbocycles. The topological polar surface area (TPSA) is 46.9 Å². The van der Waals surface area contributed by atoms with E-state index in [1.54, 1.807) is 0 Å². The molecular formula is C20H25N3OS. The Labute approximate surface area is 152 Å². The number of rotatable bonds is 8. The summed E-state index contributed by atoms with van der Waals surface area (Å²) in [6.45, 7) is 5.73. The largest absolute Gasteiger partial charge is 0.356 e. The highest BCUT2D eigenvalue weighted by molar-refractivity contribution is 7.11. The summed E-state index contributed by atoms with van der Waals surface area (Å²) >= 11 is 1.82. The molecular weight excluding hydrogens is 330 g/mol. The van der Waals surface area contributed by atoms with Crippen LogP contribution in [-0.2, 0) is 17.8 Å². The van der Waals surface area contributed by atoms with Crippen LogP contribution >= 0.6 is 11.3 Å². The number of hydrogen-bond donors (Lipinski definition) is 1. The van der Waals surface area contributed by atoms with Gasteiger partial charge in [-0.3, -0.25) is 9.48 Å². The first-order valence-electron chi connectivity index (χ1n) is 8.86. The summed E-state index contributed by atoms with van der Waals surface area (Å²) in [4.78, 5) is 14.6. The summed E-state index contributed by atoms with van der Waals surface area (Å²) < 4.78 is 2.02. The molecule has 0 spiro atoms. The molecule has 2 heterocycles. The van der Waals surface area contributed by atoms with E-state index in [1.807, 2.05) is 22.2 Å². The van der Waals surface area contributed by atoms with E-state index in [2.05, 4.69) is 54.6 Å². The van der Waals surface area contributed by atoms with Gasteiger partial charge in [-0.15, -0.1) is 11.3 Å². The zero-order valence-corrected chi connectivity index (χ0v) is 15.7. The van der Waals surface area contributed by atoms with Gasteiger partial charge in [0.2, 0.25) is 5.91 Å². The molecule has 0 radical (unpaired) electrons. The molecule has 0 aliphatic heterocycles. The van der Waals surface area contributed by atoms with Crippen LogP contribution in [0.4, 0.5) is 0 Å². The first-order valence-corrected chi connectivity index (χ1v) is 9.67. The Morgan fingerprint density at radius 2 is 2.08 bits per heavy atom. The smallest absolute Gasteiger partial charge is 0.220 e. The molecule has 0 aliphatic carbocycles. The third-order valence-corrected chi connectivity index (χ3v) is 5.35. The maximum Gasteiger partial charge on any atom is 0.220 e. The van der Waals surface area contributed by atoms with Gasteiger partial charge in [0.15, 0.2) is 0 Å². The lowest BCUT2D eigenvalue weighted by atomic mass is 10.2. The molecule has 25 heavy (non-hydrogen) atoms. The van der Waals surface area contributed by atoms with Crippen LogP contribution in [0.1, 0.15) is 34.6 Å². The summed E-state index contributed by atoms with van der Waals surface area (Å²) in [7, 11) is 0. The van der Waals surface area contributed by atoms with Crippen molar-refractivity contribution in [3.63, 3.8) is 0 Å². The molecule has 0 atom stereocenters. The van der Waals surface area contributed by atoms with Gasteiger partial charge in [0.05, 0.1) is 11.7 Å². The molecule has 3 aromatic rings. The lowest BCUT2D eigenvalue weighted by Gasteiger charge is -2.06. The molecule has 0 saturated heterocycles. The molecule has 4 nitrogen and oxygen atoms in total. The first kappa shape index (κ1) is 17.7. The maximum atomic E-state index is 11.9. The first-order chi connectivity index (χ1) is 12.1. The molecule has 3 rings (SSSR count). The Morgan fingerprint density at radius 1 is 1.20 bits per heavy atom. The Balaban J connectivity index is 1.36. The number of thiophene rings is 1. The van der Waals surface area contributed by atoms with Crippen LogP contribution in [0, 0.1) is 13.8 Å². The second-order valence-electron chi connectivity index (χ2n) is 6.50. The number of amides is 1. The highest BCUT2D eigenvalue weighted by Gasteiger charge is 2.05. The highest BCUT2D eigenvalue weighted by Crippen LogP contribution is 2.17. The fraction of sp³-hybridized carbons (Fsp3) is 0.400. The average molecular weight is 356 g/mol. The summed E-state index contributed by atoms with van der Waals surface area (Å²) in [5.74, 6) is 0.148. The van der Waals surface area contributed by atoms with Gasteiger partial charge in [-0.25, -0.2) is 0 Å². The standard InChI is InChI=1S/C20H25N3OS/c1-15-7-9-17-14-22-23(19(17)13-15)12-4-11-21-20(24)6-3-5-18-10-8-16(2)25-18/h7-10,13-14H,3-6,11-12H2,1-2H3,(H,21,24). The molecule has 0 bridgehead atoms. The van der Waals surface area contributed by atoms with Gasteiger partial charge in [0.1, 0.15) is 0 Å². The summed E-state index contributed by atoms with van der Waals surface area (Å²) in [6.07, 6.45) is 5.29. The fourth-order valence-corrected chi connectivity index (χ4v) is 3.88. The number of benzene rings is 1. The van der Waals surface area contributed by atoms with E-state index in [1.165, 1.54) is 20.7 Å². The van der Waals surface area contributed by atoms with Crippen molar-refractivity contribution < 1.29 is 4.79 Å². The van der Waals surface area contributed by atoms with E-state index in [4.69, 9.17) is 0 Å². The van der Waals surface area contributed by atoms with Gasteiger partial charge >= 0.3 is 0 Å². The number of carbonyl (C=O) groups is 1. The van der Waals surface area contributed by atoms with E-state index in [-0.39, 0.29) is 5.91 Å². The molecule has 0 fully saturated rings. The highest BCUT2D eigenvalue weighted by atomic mass is 32.1. The third kappa shape index (κ3) is 4.92. The lowest BCUT2D eigenvalue weighted by molar-refractivity contribution is -0.121. The number of nitrogens with zero attached hydrogens (tertiary/aromatic N) is 2. The molecule has 1 amide bonds. The van der Waals surface area contributed by atoms with Crippen molar-refractivity contribution in [2.45, 2.75) is 46.1 Å². The molecule has 1 aromatic carbocycles. The van der Waals surface area contributed by atoms with Crippen LogP contribution < -0.4 is 5.32 Å². The predicted molar refractivity (Wildman–Crippen MR) is 104 cm³/mol. The number of aromatic nitrogens is 2. The van der Waals surface area contributed by atoms with E-state index in [9.17, 15) is 4.79 Å². The second-order valence-corrected chi connectivity index (χ2v) is 7.87. The van der Waals surface area contributed by atoms with Crippen molar-refractivity contribution in [3.8, 4) is 0 Å². The second kappa shape index (κ2) is 8.30. The number of carbonyl (C=O) groups excluding carboxylic acids is 1. The van der Waals surface area contributed by atoms with E-state index in [0.717, 1.165) is 31.3 Å². The Bertz CT molecular complexity index is 850. The predicted octanol–water partition coefficient (Wildman–Crippen LogP) is 4.24. The average Bonchev–Trinajstić information content (AvgIpc) is 3.18. The normalized spacial score (nSPS) is 11.1. The van der Waals surface area contributed by atoms with Gasteiger partial charge in [0, 0.05) is 34.7 Å². The van der Waals surface area contributed by atoms with Crippen LogP contribution in [-0.4, -0.2) is 22.2 Å². The molecule has 0 aliphatic rings. The third-order valence-electron chi connectivity index (χ3n) is 4.29. The van der Waals surface area contributed by atoms with Crippen molar-refractivity contribution in [2.75, 3.05) is 6.54 Å². The summed E-state index contributed by atoms with van der Waals surface area (Å²) in [6, 6.07) is 10.7. The van der Waals surface area contributed by atoms with Crippen molar-refractivity contribution >= 4 is 28.1 Å². The SMILES string of the molecule is Cc1ccc2cnn(CCCNC(=O)CCCc3ccc(C)s3)c2c1. The van der Waals surface area contributed by atoms with Gasteiger partial charge < -0.3 is 5.32 Å². The number of aryl methyl sites for hydroxylation is 4. The van der Waals surface area contributed by atoms with Crippen LogP contribution in [0.15, 0.2) is 36.5 Å². The van der Waals surface area contributed by atoms with Crippen molar-refractivity contribution in [1.82, 2.24) is 15.1 Å². The maximum absolute atomic E-state index is 11.9. The Kier molecular flexibility index (Phi) is 5.87. The lowest BCUT2D eigenvalue weighted by Crippen LogP contribution is -2.25. The quantitative estimate of drug-likeness (QED) is 0.614. The molecule has 132 valence electrons. The van der Waals surface area contributed by atoms with Crippen LogP contribution in [0.3, 0.4) is 0 Å². The minimum atomic E-state index is 0.148. The van der Waals surface area contributed by atoms with Crippen molar-refractivity contribution in [1.29, 1.82) is 0 Å². The van der Waals surface area contributed by atoms with Crippen LogP contribution in [0.5, 0.6) is 0 Å². The van der Waals surface area contributed by atoms with Gasteiger partial charge in [-0.05, 0) is 56.9 Å². The molecule has 2 aromatic heterocycles. The Hall–Kier alpha value is -2.14. The zero-order valence-electron chi connectivity index (χ0n) is 14.9. The molecule has 5 heteroatoms. The Morgan fingerprint density at radius 3 is 2.88 bits per heavy atom. The van der Waals surface area contributed by atoms with Crippen LogP contribution in [0.2, 0.25) is 0 Å². The molecule has 1 N–H and O–H groups in total. The summed E-state index contributed by atoms with van der Waals surface area (Å²) in [5, 5.41) is 8.63. The van der Waals surface area contributed by atoms with E-state index < -0.39 is 0 Å². The minimum Gasteiger partial charge on any atom is -0.356 e. The van der Waals surface area contributed by atoms with E-state index >= 15 is 0 Å². The zero-order chi connectivity index (χ0) is 17.6. The molecule has 0 unspecified atom stereocenters. The summed E-state index contributed by atoms with van der Waals surface area (Å²) in [5.41, 5.74) is 2.40. The van der Waals surface area contributed by atoms with Crippen molar-refractivity contribution in [3.05, 3.63) is 51.8 Å². The monoisotopic (exact) mass is 355 g/mol. The number of hydrogen-bond acceptors (Lipinski definition) is 3. The fourth-order valence-electron chi connectivity index (χ4n) is 2.95. The van der Waals surface area contributed by atoms with Crippen molar-refractivity contribution in [2.24, 2.45) is 0 Å². The van der Waals surface area contributed by atoms with Gasteiger partial charge in [-0.2, -0.15) is 5.10 Å². The van der Waals surface area contributed by atoms with Gasteiger partial charge in [-0.1, -0.05) is 12.1 Å². The number of nitrogens with one attached hydrogen (secondary N) is 1. The van der Waals surface area contributed by atoms with Crippen LogP contribution in [0.25, 0.3) is 10.9 Å².